The number of hydrogen-bond acceptors (Lipinski definition) is 3. The van der Waals surface area contributed by atoms with Crippen LogP contribution in [0.2, 0.25) is 0 Å². The number of imidazole rings is 1. The molecular weight excluding hydrogens is 340 g/mol. The highest BCUT2D eigenvalue weighted by Crippen LogP contribution is 2.17. The molecule has 2 aromatic carbocycles. The number of carbonyl (C=O) groups excluding carboxylic acids is 2. The maximum atomic E-state index is 12.8. The quantitative estimate of drug-likeness (QED) is 0.704. The van der Waals surface area contributed by atoms with Gasteiger partial charge in [0, 0.05) is 44.4 Å². The van der Waals surface area contributed by atoms with Gasteiger partial charge in [-0.05, 0) is 37.3 Å². The molecule has 4 rings (SSSR count). The summed E-state index contributed by atoms with van der Waals surface area (Å²) in [6.07, 6.45) is 1.74. The minimum Gasteiger partial charge on any atom is -0.335 e. The Bertz CT molecular complexity index is 999. The SMILES string of the molecule is Cc1ccc(C(=O)N2CCN(C(=O)c3ccc4c(c3)ncn4C)CC2)cc1. The van der Waals surface area contributed by atoms with Crippen LogP contribution < -0.4 is 0 Å². The van der Waals surface area contributed by atoms with Crippen LogP contribution in [-0.4, -0.2) is 57.3 Å². The van der Waals surface area contributed by atoms with Gasteiger partial charge in [0.05, 0.1) is 17.4 Å². The summed E-state index contributed by atoms with van der Waals surface area (Å²) >= 11 is 0. The molecule has 6 nitrogen and oxygen atoms in total. The Morgan fingerprint density at radius 2 is 1.41 bits per heavy atom. The Labute approximate surface area is 158 Å². The number of benzene rings is 2. The topological polar surface area (TPSA) is 58.4 Å². The summed E-state index contributed by atoms with van der Waals surface area (Å²) in [6.45, 7) is 4.17. The first-order chi connectivity index (χ1) is 13.0. The van der Waals surface area contributed by atoms with Crippen molar-refractivity contribution >= 4 is 22.8 Å². The van der Waals surface area contributed by atoms with Gasteiger partial charge in [-0.25, -0.2) is 4.98 Å². The number of piperazine rings is 1. The van der Waals surface area contributed by atoms with Crippen molar-refractivity contribution in [2.45, 2.75) is 6.92 Å². The highest BCUT2D eigenvalue weighted by molar-refractivity contribution is 5.98. The molecule has 0 bridgehead atoms. The summed E-state index contributed by atoms with van der Waals surface area (Å²) in [7, 11) is 1.93. The number of aromatic nitrogens is 2. The first-order valence-electron chi connectivity index (χ1n) is 9.09. The maximum Gasteiger partial charge on any atom is 0.254 e. The second kappa shape index (κ2) is 6.87. The van der Waals surface area contributed by atoms with Crippen molar-refractivity contribution in [3.8, 4) is 0 Å². The number of nitrogens with zero attached hydrogens (tertiary/aromatic N) is 4. The molecule has 6 heteroatoms. The molecule has 0 unspecified atom stereocenters. The summed E-state index contributed by atoms with van der Waals surface area (Å²) in [5.41, 5.74) is 4.28. The highest BCUT2D eigenvalue weighted by Gasteiger charge is 2.25. The minimum atomic E-state index is -0.00927. The maximum absolute atomic E-state index is 12.8. The Hall–Kier alpha value is -3.15. The van der Waals surface area contributed by atoms with E-state index >= 15 is 0 Å². The monoisotopic (exact) mass is 362 g/mol. The van der Waals surface area contributed by atoms with E-state index in [1.165, 1.54) is 0 Å². The Morgan fingerprint density at radius 1 is 0.852 bits per heavy atom. The predicted molar refractivity (Wildman–Crippen MR) is 104 cm³/mol. The fourth-order valence-electron chi connectivity index (χ4n) is 3.44. The zero-order valence-corrected chi connectivity index (χ0v) is 15.6. The summed E-state index contributed by atoms with van der Waals surface area (Å²) < 4.78 is 1.93. The molecule has 0 aliphatic carbocycles. The van der Waals surface area contributed by atoms with Gasteiger partial charge < -0.3 is 14.4 Å². The largest absolute Gasteiger partial charge is 0.335 e. The van der Waals surface area contributed by atoms with Crippen LogP contribution in [0, 0.1) is 6.92 Å². The Kier molecular flexibility index (Phi) is 4.39. The molecule has 27 heavy (non-hydrogen) atoms. The van der Waals surface area contributed by atoms with Crippen LogP contribution in [0.15, 0.2) is 48.8 Å². The Morgan fingerprint density at radius 3 is 2.04 bits per heavy atom. The van der Waals surface area contributed by atoms with Gasteiger partial charge in [0.1, 0.15) is 0 Å². The van der Waals surface area contributed by atoms with Crippen LogP contribution in [0.25, 0.3) is 11.0 Å². The van der Waals surface area contributed by atoms with Gasteiger partial charge in [-0.15, -0.1) is 0 Å². The van der Waals surface area contributed by atoms with Crippen molar-refractivity contribution in [1.29, 1.82) is 0 Å². The summed E-state index contributed by atoms with van der Waals surface area (Å²) in [5.74, 6) is 0.0157. The van der Waals surface area contributed by atoms with E-state index in [0.29, 0.717) is 37.3 Å². The van der Waals surface area contributed by atoms with Crippen molar-refractivity contribution < 1.29 is 9.59 Å². The summed E-state index contributed by atoms with van der Waals surface area (Å²) in [4.78, 5) is 33.4. The van der Waals surface area contributed by atoms with E-state index in [1.807, 2.05) is 70.8 Å². The third-order valence-corrected chi connectivity index (χ3v) is 5.12. The standard InChI is InChI=1S/C21H22N4O2/c1-15-3-5-16(6-4-15)20(26)24-9-11-25(12-10-24)21(27)17-7-8-19-18(13-17)22-14-23(19)2/h3-8,13-14H,9-12H2,1-2H3. The molecule has 2 amide bonds. The van der Waals surface area contributed by atoms with Crippen LogP contribution in [0.4, 0.5) is 0 Å². The van der Waals surface area contributed by atoms with E-state index in [0.717, 1.165) is 16.6 Å². The fraction of sp³-hybridized carbons (Fsp3) is 0.286. The van der Waals surface area contributed by atoms with E-state index in [1.54, 1.807) is 6.33 Å². The molecule has 1 saturated heterocycles. The summed E-state index contributed by atoms with van der Waals surface area (Å²) in [6, 6.07) is 13.2. The van der Waals surface area contributed by atoms with E-state index in [2.05, 4.69) is 4.98 Å². The second-order valence-electron chi connectivity index (χ2n) is 7.01. The molecule has 3 aromatic rings. The number of aryl methyl sites for hydroxylation is 2. The molecule has 1 aromatic heterocycles. The van der Waals surface area contributed by atoms with Crippen LogP contribution >= 0.6 is 0 Å². The third-order valence-electron chi connectivity index (χ3n) is 5.12. The van der Waals surface area contributed by atoms with Crippen molar-refractivity contribution in [3.05, 3.63) is 65.5 Å². The van der Waals surface area contributed by atoms with Crippen molar-refractivity contribution in [2.24, 2.45) is 7.05 Å². The number of fused-ring (bicyclic) bond motifs is 1. The number of rotatable bonds is 2. The average Bonchev–Trinajstić information content (AvgIpc) is 3.08. The lowest BCUT2D eigenvalue weighted by Gasteiger charge is -2.35. The van der Waals surface area contributed by atoms with Gasteiger partial charge in [-0.3, -0.25) is 9.59 Å². The fourth-order valence-corrected chi connectivity index (χ4v) is 3.44. The van der Waals surface area contributed by atoms with E-state index < -0.39 is 0 Å². The summed E-state index contributed by atoms with van der Waals surface area (Å²) in [5, 5.41) is 0. The van der Waals surface area contributed by atoms with E-state index in [4.69, 9.17) is 0 Å². The molecule has 1 fully saturated rings. The van der Waals surface area contributed by atoms with Crippen molar-refractivity contribution in [3.63, 3.8) is 0 Å². The molecule has 2 heterocycles. The van der Waals surface area contributed by atoms with Gasteiger partial charge >= 0.3 is 0 Å². The minimum absolute atomic E-state index is 0.00927. The lowest BCUT2D eigenvalue weighted by atomic mass is 10.1. The molecule has 1 aliphatic rings. The highest BCUT2D eigenvalue weighted by atomic mass is 16.2. The Balaban J connectivity index is 1.42. The van der Waals surface area contributed by atoms with Crippen LogP contribution in [0.5, 0.6) is 0 Å². The van der Waals surface area contributed by atoms with Gasteiger partial charge in [0.25, 0.3) is 11.8 Å². The lowest BCUT2D eigenvalue weighted by molar-refractivity contribution is 0.0535. The lowest BCUT2D eigenvalue weighted by Crippen LogP contribution is -2.50. The zero-order valence-electron chi connectivity index (χ0n) is 15.6. The number of hydrogen-bond donors (Lipinski definition) is 0. The molecule has 138 valence electrons. The molecule has 0 atom stereocenters. The number of amides is 2. The van der Waals surface area contributed by atoms with Crippen LogP contribution in [0.1, 0.15) is 26.3 Å². The van der Waals surface area contributed by atoms with E-state index in [-0.39, 0.29) is 11.8 Å². The first-order valence-corrected chi connectivity index (χ1v) is 9.09. The molecule has 0 spiro atoms. The molecule has 0 radical (unpaired) electrons. The molecule has 0 N–H and O–H groups in total. The molecule has 1 aliphatic heterocycles. The zero-order chi connectivity index (χ0) is 19.0. The van der Waals surface area contributed by atoms with Gasteiger partial charge in [0.2, 0.25) is 0 Å². The van der Waals surface area contributed by atoms with Gasteiger partial charge in [0.15, 0.2) is 0 Å². The predicted octanol–water partition coefficient (Wildman–Crippen LogP) is 2.48. The van der Waals surface area contributed by atoms with Gasteiger partial charge in [-0.1, -0.05) is 17.7 Å². The van der Waals surface area contributed by atoms with E-state index in [9.17, 15) is 9.59 Å². The van der Waals surface area contributed by atoms with Crippen LogP contribution in [0.3, 0.4) is 0 Å². The second-order valence-corrected chi connectivity index (χ2v) is 7.01. The first kappa shape index (κ1) is 17.3. The van der Waals surface area contributed by atoms with Crippen molar-refractivity contribution in [2.75, 3.05) is 26.2 Å². The number of carbonyl (C=O) groups is 2. The third kappa shape index (κ3) is 3.30. The smallest absolute Gasteiger partial charge is 0.254 e. The van der Waals surface area contributed by atoms with Gasteiger partial charge in [-0.2, -0.15) is 0 Å². The molecular formula is C21H22N4O2. The molecule has 0 saturated carbocycles. The van der Waals surface area contributed by atoms with Crippen molar-refractivity contribution in [1.82, 2.24) is 19.4 Å². The average molecular weight is 362 g/mol. The van der Waals surface area contributed by atoms with Crippen LogP contribution in [-0.2, 0) is 7.05 Å². The normalized spacial score (nSPS) is 14.6.